The van der Waals surface area contributed by atoms with E-state index >= 15 is 0 Å². The fourth-order valence-corrected chi connectivity index (χ4v) is 4.56. The second-order valence-electron chi connectivity index (χ2n) is 8.37. The molecule has 2 aromatic rings. The Labute approximate surface area is 199 Å². The zero-order valence-corrected chi connectivity index (χ0v) is 20.3. The number of allylic oxidation sites excluding steroid dienone is 1. The van der Waals surface area contributed by atoms with Crippen molar-refractivity contribution in [3.05, 3.63) is 68.7 Å². The van der Waals surface area contributed by atoms with E-state index in [2.05, 4.69) is 46.1 Å². The molecule has 1 N–H and O–H groups in total. The van der Waals surface area contributed by atoms with Crippen LogP contribution in [0, 0.1) is 0 Å². The summed E-state index contributed by atoms with van der Waals surface area (Å²) in [4.78, 5) is 41.2. The summed E-state index contributed by atoms with van der Waals surface area (Å²) in [5.74, 6) is -1.47. The monoisotopic (exact) mass is 513 g/mol. The predicted octanol–water partition coefficient (Wildman–Crippen LogP) is 5.40. The minimum Gasteiger partial charge on any atom is -0.365 e. The normalized spacial score (nSPS) is 19.1. The highest BCUT2D eigenvalue weighted by Crippen LogP contribution is 2.41. The van der Waals surface area contributed by atoms with Crippen LogP contribution in [-0.2, 0) is 9.59 Å². The fourth-order valence-electron chi connectivity index (χ4n) is 3.96. The van der Waals surface area contributed by atoms with Crippen LogP contribution in [0.3, 0.4) is 0 Å². The minimum absolute atomic E-state index is 0.169. The molecule has 32 heavy (non-hydrogen) atoms. The number of nitrogens with one attached hydrogen (secondary N) is 1. The van der Waals surface area contributed by atoms with Crippen molar-refractivity contribution in [2.75, 3.05) is 16.8 Å². The van der Waals surface area contributed by atoms with Gasteiger partial charge in [-0.2, -0.15) is 0 Å². The number of urea groups is 1. The third-order valence-electron chi connectivity index (χ3n) is 5.80. The summed E-state index contributed by atoms with van der Waals surface area (Å²) in [5.41, 5.74) is 3.53. The quantitative estimate of drug-likeness (QED) is 0.430. The van der Waals surface area contributed by atoms with Crippen molar-refractivity contribution in [2.45, 2.75) is 26.3 Å². The first kappa shape index (κ1) is 22.3. The molecule has 8 heteroatoms. The van der Waals surface area contributed by atoms with Crippen LogP contribution in [0.5, 0.6) is 0 Å². The molecule has 1 fully saturated rings. The van der Waals surface area contributed by atoms with Crippen LogP contribution in [0.4, 0.5) is 16.2 Å². The van der Waals surface area contributed by atoms with E-state index in [1.54, 1.807) is 24.3 Å². The maximum Gasteiger partial charge on any atom is 0.335 e. The van der Waals surface area contributed by atoms with Gasteiger partial charge in [0.05, 0.1) is 11.2 Å². The van der Waals surface area contributed by atoms with Crippen molar-refractivity contribution in [2.24, 2.45) is 0 Å². The Balaban J connectivity index is 1.80. The summed E-state index contributed by atoms with van der Waals surface area (Å²) >= 11 is 9.90. The zero-order valence-electron chi connectivity index (χ0n) is 18.0. The summed E-state index contributed by atoms with van der Waals surface area (Å²) < 4.78 is 0.699. The van der Waals surface area contributed by atoms with Crippen molar-refractivity contribution >= 4 is 68.4 Å². The molecule has 2 heterocycles. The molecule has 4 rings (SSSR count). The van der Waals surface area contributed by atoms with Crippen molar-refractivity contribution in [3.8, 4) is 0 Å². The molecule has 0 saturated carbocycles. The molecule has 1 saturated heterocycles. The predicted molar refractivity (Wildman–Crippen MR) is 131 cm³/mol. The van der Waals surface area contributed by atoms with Crippen LogP contribution in [-0.4, -0.2) is 30.4 Å². The lowest BCUT2D eigenvalue weighted by Gasteiger charge is -2.40. The second kappa shape index (κ2) is 7.90. The fraction of sp³-hybridized carbons (Fsp3) is 0.208. The maximum absolute atomic E-state index is 13.2. The van der Waals surface area contributed by atoms with Crippen LogP contribution < -0.4 is 15.1 Å². The second-order valence-corrected chi connectivity index (χ2v) is 9.69. The van der Waals surface area contributed by atoms with Crippen molar-refractivity contribution in [1.82, 2.24) is 5.32 Å². The number of halogens is 2. The molecular weight excluding hydrogens is 494 g/mol. The molecule has 0 unspecified atom stereocenters. The summed E-state index contributed by atoms with van der Waals surface area (Å²) in [6, 6.07) is 9.63. The number of benzene rings is 2. The average molecular weight is 515 g/mol. The Morgan fingerprint density at radius 2 is 1.84 bits per heavy atom. The number of carbonyl (C=O) groups excluding carboxylic acids is 3. The first-order valence-electron chi connectivity index (χ1n) is 9.94. The maximum atomic E-state index is 13.2. The average Bonchev–Trinajstić information content (AvgIpc) is 2.69. The van der Waals surface area contributed by atoms with Crippen LogP contribution in [0.2, 0.25) is 5.02 Å². The van der Waals surface area contributed by atoms with Crippen LogP contribution in [0.15, 0.2) is 52.5 Å². The third-order valence-corrected chi connectivity index (χ3v) is 6.62. The number of likely N-dealkylation sites (N-methyl/N-ethyl adjacent to an activating group) is 1. The molecule has 0 aromatic heterocycles. The molecule has 0 radical (unpaired) electrons. The van der Waals surface area contributed by atoms with Gasteiger partial charge in [0, 0.05) is 27.8 Å². The van der Waals surface area contributed by atoms with Gasteiger partial charge < -0.3 is 4.90 Å². The van der Waals surface area contributed by atoms with E-state index in [-0.39, 0.29) is 11.1 Å². The van der Waals surface area contributed by atoms with Crippen LogP contribution >= 0.6 is 27.5 Å². The van der Waals surface area contributed by atoms with Crippen LogP contribution in [0.25, 0.3) is 11.6 Å². The van der Waals surface area contributed by atoms with Gasteiger partial charge in [0.2, 0.25) is 0 Å². The number of rotatable bonds is 2. The highest BCUT2D eigenvalue weighted by atomic mass is 79.9. The standard InChI is InChI=1S/C24H21BrClN3O3/c1-13-12-24(2,3)28(4)20-11-19(26)14(8-17(13)20)9-18-21(30)27-23(32)29(22(18)31)16-7-5-6-15(25)10-16/h5-12H,1-4H3,(H,27,30,32)/b18-9-. The molecule has 0 atom stereocenters. The van der Waals surface area contributed by atoms with E-state index in [0.29, 0.717) is 20.7 Å². The van der Waals surface area contributed by atoms with Gasteiger partial charge in [0.15, 0.2) is 0 Å². The zero-order chi connectivity index (χ0) is 23.4. The molecule has 6 nitrogen and oxygen atoms in total. The molecule has 164 valence electrons. The first-order chi connectivity index (χ1) is 15.0. The van der Waals surface area contributed by atoms with E-state index in [1.807, 2.05) is 26.1 Å². The largest absolute Gasteiger partial charge is 0.365 e. The summed E-state index contributed by atoms with van der Waals surface area (Å²) in [7, 11) is 2.00. The van der Waals surface area contributed by atoms with Gasteiger partial charge >= 0.3 is 6.03 Å². The van der Waals surface area contributed by atoms with E-state index in [4.69, 9.17) is 11.6 Å². The Bertz CT molecular complexity index is 1250. The molecule has 0 aliphatic carbocycles. The molecule has 0 bridgehead atoms. The number of nitrogens with zero attached hydrogens (tertiary/aromatic N) is 2. The van der Waals surface area contributed by atoms with Crippen LogP contribution in [0.1, 0.15) is 31.9 Å². The van der Waals surface area contributed by atoms with Gasteiger partial charge in [-0.1, -0.05) is 39.7 Å². The lowest BCUT2D eigenvalue weighted by molar-refractivity contribution is -0.122. The van der Waals surface area contributed by atoms with Gasteiger partial charge in [-0.15, -0.1) is 0 Å². The van der Waals surface area contributed by atoms with Crippen molar-refractivity contribution < 1.29 is 14.4 Å². The lowest BCUT2D eigenvalue weighted by atomic mass is 9.88. The Morgan fingerprint density at radius 1 is 1.12 bits per heavy atom. The number of fused-ring (bicyclic) bond motifs is 1. The molecule has 2 aliphatic heterocycles. The summed E-state index contributed by atoms with van der Waals surface area (Å²) in [5, 5.41) is 2.64. The molecule has 0 spiro atoms. The number of hydrogen-bond donors (Lipinski definition) is 1. The molecular formula is C24H21BrClN3O3. The lowest BCUT2D eigenvalue weighted by Crippen LogP contribution is -2.54. The minimum atomic E-state index is -0.797. The topological polar surface area (TPSA) is 69.7 Å². The number of amides is 4. The van der Waals surface area contributed by atoms with Crippen molar-refractivity contribution in [1.29, 1.82) is 0 Å². The molecule has 2 aromatic carbocycles. The Kier molecular flexibility index (Phi) is 5.51. The molecule has 2 aliphatic rings. The van der Waals surface area contributed by atoms with E-state index in [1.165, 1.54) is 6.08 Å². The number of carbonyl (C=O) groups is 3. The number of barbiturate groups is 1. The highest BCUT2D eigenvalue weighted by molar-refractivity contribution is 9.10. The summed E-state index contributed by atoms with van der Waals surface area (Å²) in [6.45, 7) is 6.24. The smallest absolute Gasteiger partial charge is 0.335 e. The summed E-state index contributed by atoms with van der Waals surface area (Å²) in [6.07, 6.45) is 3.59. The Hall–Kier alpha value is -2.90. The van der Waals surface area contributed by atoms with Crippen molar-refractivity contribution in [3.63, 3.8) is 0 Å². The van der Waals surface area contributed by atoms with E-state index in [0.717, 1.165) is 21.7 Å². The highest BCUT2D eigenvalue weighted by Gasteiger charge is 2.37. The number of anilines is 2. The van der Waals surface area contributed by atoms with Gasteiger partial charge in [0.25, 0.3) is 11.8 Å². The molecule has 4 amide bonds. The SMILES string of the molecule is CC1=CC(C)(C)N(C)c2cc(Cl)c(/C=C3/C(=O)NC(=O)N(c4cccc(Br)c4)C3=O)cc21. The number of imide groups is 2. The Morgan fingerprint density at radius 3 is 2.53 bits per heavy atom. The van der Waals surface area contributed by atoms with Gasteiger partial charge in [0.1, 0.15) is 5.57 Å². The van der Waals surface area contributed by atoms with Gasteiger partial charge in [-0.3, -0.25) is 14.9 Å². The third kappa shape index (κ3) is 3.76. The number of hydrogen-bond acceptors (Lipinski definition) is 4. The first-order valence-corrected chi connectivity index (χ1v) is 11.1. The van der Waals surface area contributed by atoms with Gasteiger partial charge in [-0.25, -0.2) is 9.69 Å². The van der Waals surface area contributed by atoms with Gasteiger partial charge in [-0.05, 0) is 68.3 Å². The van der Waals surface area contributed by atoms with E-state index < -0.39 is 17.8 Å². The van der Waals surface area contributed by atoms with E-state index in [9.17, 15) is 14.4 Å².